The maximum absolute atomic E-state index is 11.6. The molecule has 15 heavy (non-hydrogen) atoms. The van der Waals surface area contributed by atoms with Gasteiger partial charge in [0.15, 0.2) is 0 Å². The monoisotopic (exact) mass is 212 g/mol. The summed E-state index contributed by atoms with van der Waals surface area (Å²) in [5, 5.41) is 3.34. The molecule has 0 aliphatic carbocycles. The first-order chi connectivity index (χ1) is 7.19. The lowest BCUT2D eigenvalue weighted by Gasteiger charge is -2.49. The molecular formula is C11H20N2O2. The standard InChI is InChI=1S/C11H20N2O2/c1-3-13-9(2)11(15-8-10(13)14)4-6-12-7-5-11/h9,12H,3-8H2,1-2H3. The molecule has 1 N–H and O–H groups in total. The van der Waals surface area contributed by atoms with Crippen LogP contribution < -0.4 is 5.32 Å². The zero-order valence-corrected chi connectivity index (χ0v) is 9.58. The molecule has 0 radical (unpaired) electrons. The molecule has 2 rings (SSSR count). The Bertz CT molecular complexity index is 249. The van der Waals surface area contributed by atoms with Gasteiger partial charge in [0, 0.05) is 6.54 Å². The van der Waals surface area contributed by atoms with Gasteiger partial charge in [0.2, 0.25) is 5.91 Å². The highest BCUT2D eigenvalue weighted by Gasteiger charge is 2.46. The molecule has 0 saturated carbocycles. The Balaban J connectivity index is 2.15. The SMILES string of the molecule is CCN1C(=O)COC2(CCNCC2)C1C. The molecule has 1 spiro atoms. The maximum atomic E-state index is 11.6. The molecule has 0 aromatic rings. The van der Waals surface area contributed by atoms with E-state index in [1.54, 1.807) is 0 Å². The van der Waals surface area contributed by atoms with Crippen molar-refractivity contribution < 1.29 is 9.53 Å². The van der Waals surface area contributed by atoms with Gasteiger partial charge in [-0.05, 0) is 39.8 Å². The van der Waals surface area contributed by atoms with Crippen LogP contribution in [0.3, 0.4) is 0 Å². The van der Waals surface area contributed by atoms with Gasteiger partial charge in [-0.1, -0.05) is 0 Å². The molecule has 2 aliphatic rings. The number of piperidine rings is 1. The second-order valence-electron chi connectivity index (χ2n) is 4.46. The molecular weight excluding hydrogens is 192 g/mol. The number of carbonyl (C=O) groups is 1. The van der Waals surface area contributed by atoms with Crippen molar-refractivity contribution in [2.24, 2.45) is 0 Å². The average molecular weight is 212 g/mol. The van der Waals surface area contributed by atoms with Crippen LogP contribution in [0.15, 0.2) is 0 Å². The van der Waals surface area contributed by atoms with Crippen LogP contribution in [-0.4, -0.2) is 48.7 Å². The van der Waals surface area contributed by atoms with Crippen LogP contribution >= 0.6 is 0 Å². The molecule has 1 atom stereocenters. The number of hydrogen-bond donors (Lipinski definition) is 1. The minimum atomic E-state index is -0.0881. The van der Waals surface area contributed by atoms with Crippen molar-refractivity contribution in [1.29, 1.82) is 0 Å². The van der Waals surface area contributed by atoms with Crippen molar-refractivity contribution in [3.63, 3.8) is 0 Å². The fraction of sp³-hybridized carbons (Fsp3) is 0.909. The topological polar surface area (TPSA) is 41.6 Å². The van der Waals surface area contributed by atoms with Gasteiger partial charge >= 0.3 is 0 Å². The van der Waals surface area contributed by atoms with E-state index >= 15 is 0 Å². The summed E-state index contributed by atoms with van der Waals surface area (Å²) in [7, 11) is 0. The zero-order valence-electron chi connectivity index (χ0n) is 9.58. The van der Waals surface area contributed by atoms with Crippen molar-refractivity contribution in [2.45, 2.75) is 38.3 Å². The number of amides is 1. The van der Waals surface area contributed by atoms with Gasteiger partial charge in [-0.15, -0.1) is 0 Å². The summed E-state index contributed by atoms with van der Waals surface area (Å²) in [4.78, 5) is 13.6. The van der Waals surface area contributed by atoms with E-state index in [0.717, 1.165) is 32.5 Å². The molecule has 2 aliphatic heterocycles. The number of nitrogens with one attached hydrogen (secondary N) is 1. The Labute approximate surface area is 91.0 Å². The van der Waals surface area contributed by atoms with Crippen LogP contribution in [0.5, 0.6) is 0 Å². The van der Waals surface area contributed by atoms with Crippen molar-refractivity contribution >= 4 is 5.91 Å². The first kappa shape index (κ1) is 10.9. The summed E-state index contributed by atoms with van der Waals surface area (Å²) in [5.41, 5.74) is -0.0881. The molecule has 0 bridgehead atoms. The van der Waals surface area contributed by atoms with Crippen LogP contribution in [0, 0.1) is 0 Å². The van der Waals surface area contributed by atoms with Crippen molar-refractivity contribution in [3.05, 3.63) is 0 Å². The first-order valence-electron chi connectivity index (χ1n) is 5.84. The molecule has 0 aromatic carbocycles. The third-order valence-electron chi connectivity index (χ3n) is 3.82. The molecule has 1 amide bonds. The fourth-order valence-corrected chi connectivity index (χ4v) is 2.77. The van der Waals surface area contributed by atoms with E-state index in [1.165, 1.54) is 0 Å². The minimum absolute atomic E-state index is 0.0881. The number of carbonyl (C=O) groups excluding carboxylic acids is 1. The van der Waals surface area contributed by atoms with E-state index in [9.17, 15) is 4.79 Å². The number of hydrogen-bond acceptors (Lipinski definition) is 3. The number of nitrogens with zero attached hydrogens (tertiary/aromatic N) is 1. The van der Waals surface area contributed by atoms with Crippen LogP contribution in [0.25, 0.3) is 0 Å². The fourth-order valence-electron chi connectivity index (χ4n) is 2.77. The summed E-state index contributed by atoms with van der Waals surface area (Å²) >= 11 is 0. The Morgan fingerprint density at radius 3 is 2.80 bits per heavy atom. The van der Waals surface area contributed by atoms with Gasteiger partial charge in [-0.2, -0.15) is 0 Å². The predicted molar refractivity (Wildman–Crippen MR) is 57.6 cm³/mol. The van der Waals surface area contributed by atoms with Gasteiger partial charge in [-0.25, -0.2) is 0 Å². The van der Waals surface area contributed by atoms with E-state index in [-0.39, 0.29) is 24.2 Å². The van der Waals surface area contributed by atoms with Gasteiger partial charge in [-0.3, -0.25) is 4.79 Å². The second kappa shape index (κ2) is 4.10. The lowest BCUT2D eigenvalue weighted by Crippen LogP contribution is -2.63. The number of likely N-dealkylation sites (N-methyl/N-ethyl adjacent to an activating group) is 1. The largest absolute Gasteiger partial charge is 0.363 e. The Morgan fingerprint density at radius 1 is 1.53 bits per heavy atom. The van der Waals surface area contributed by atoms with Crippen molar-refractivity contribution in [1.82, 2.24) is 10.2 Å². The summed E-state index contributed by atoms with van der Waals surface area (Å²) in [5.74, 6) is 0.133. The summed E-state index contributed by atoms with van der Waals surface area (Å²) < 4.78 is 5.83. The highest BCUT2D eigenvalue weighted by atomic mass is 16.5. The molecule has 4 heteroatoms. The van der Waals surface area contributed by atoms with E-state index in [1.807, 2.05) is 11.8 Å². The Kier molecular flexibility index (Phi) is 2.98. The van der Waals surface area contributed by atoms with Gasteiger partial charge in [0.1, 0.15) is 6.61 Å². The van der Waals surface area contributed by atoms with Gasteiger partial charge in [0.25, 0.3) is 0 Å². The minimum Gasteiger partial charge on any atom is -0.363 e. The highest BCUT2D eigenvalue weighted by molar-refractivity contribution is 5.78. The molecule has 1 unspecified atom stereocenters. The summed E-state index contributed by atoms with van der Waals surface area (Å²) in [6.45, 7) is 7.20. The lowest BCUT2D eigenvalue weighted by atomic mass is 9.83. The lowest BCUT2D eigenvalue weighted by molar-refractivity contribution is -0.181. The highest BCUT2D eigenvalue weighted by Crippen LogP contribution is 2.33. The number of morpholine rings is 1. The van der Waals surface area contributed by atoms with Crippen LogP contribution in [0.4, 0.5) is 0 Å². The quantitative estimate of drug-likeness (QED) is 0.683. The Morgan fingerprint density at radius 2 is 2.20 bits per heavy atom. The predicted octanol–water partition coefficient (Wildman–Crippen LogP) is 0.376. The third-order valence-corrected chi connectivity index (χ3v) is 3.82. The molecule has 2 heterocycles. The average Bonchev–Trinajstić information content (AvgIpc) is 2.27. The summed E-state index contributed by atoms with van der Waals surface area (Å²) in [6, 6.07) is 0.214. The number of ether oxygens (including phenoxy) is 1. The molecule has 2 fully saturated rings. The first-order valence-corrected chi connectivity index (χ1v) is 5.84. The zero-order chi connectivity index (χ0) is 10.9. The third kappa shape index (κ3) is 1.76. The number of rotatable bonds is 1. The van der Waals surface area contributed by atoms with Crippen LogP contribution in [-0.2, 0) is 9.53 Å². The molecule has 0 aromatic heterocycles. The van der Waals surface area contributed by atoms with E-state index in [2.05, 4.69) is 12.2 Å². The Hall–Kier alpha value is -0.610. The van der Waals surface area contributed by atoms with Gasteiger partial charge in [0.05, 0.1) is 11.6 Å². The maximum Gasteiger partial charge on any atom is 0.248 e. The van der Waals surface area contributed by atoms with Crippen molar-refractivity contribution in [3.8, 4) is 0 Å². The molecule has 86 valence electrons. The van der Waals surface area contributed by atoms with Gasteiger partial charge < -0.3 is 15.0 Å². The second-order valence-corrected chi connectivity index (χ2v) is 4.46. The van der Waals surface area contributed by atoms with E-state index in [0.29, 0.717) is 0 Å². The summed E-state index contributed by atoms with van der Waals surface area (Å²) in [6.07, 6.45) is 2.02. The van der Waals surface area contributed by atoms with E-state index < -0.39 is 0 Å². The molecule has 2 saturated heterocycles. The van der Waals surface area contributed by atoms with Crippen LogP contribution in [0.2, 0.25) is 0 Å². The van der Waals surface area contributed by atoms with Crippen molar-refractivity contribution in [2.75, 3.05) is 26.2 Å². The molecule has 4 nitrogen and oxygen atoms in total. The normalized spacial score (nSPS) is 30.9. The smallest absolute Gasteiger partial charge is 0.248 e. The van der Waals surface area contributed by atoms with Crippen LogP contribution in [0.1, 0.15) is 26.7 Å². The van der Waals surface area contributed by atoms with E-state index in [4.69, 9.17) is 4.74 Å².